The number of halogens is 2. The molecule has 0 aliphatic carbocycles. The second-order valence-electron chi connectivity index (χ2n) is 6.15. The van der Waals surface area contributed by atoms with E-state index in [0.717, 1.165) is 17.7 Å². The number of nitrogens with zero attached hydrogens (tertiary/aromatic N) is 5. The second kappa shape index (κ2) is 5.91. The van der Waals surface area contributed by atoms with Crippen LogP contribution in [-0.4, -0.2) is 23.9 Å². The Kier molecular flexibility index (Phi) is 3.68. The van der Waals surface area contributed by atoms with Gasteiger partial charge in [0.05, 0.1) is 18.3 Å². The number of hydrogen-bond donors (Lipinski definition) is 0. The summed E-state index contributed by atoms with van der Waals surface area (Å²) < 4.78 is 31.4. The van der Waals surface area contributed by atoms with Gasteiger partial charge in [0, 0.05) is 37.6 Å². The van der Waals surface area contributed by atoms with Crippen molar-refractivity contribution in [2.75, 3.05) is 0 Å². The van der Waals surface area contributed by atoms with E-state index in [1.165, 1.54) is 10.6 Å². The van der Waals surface area contributed by atoms with E-state index >= 15 is 0 Å². The highest BCUT2D eigenvalue weighted by Gasteiger charge is 2.15. The molecule has 0 amide bonds. The van der Waals surface area contributed by atoms with Crippen LogP contribution in [-0.2, 0) is 20.6 Å². The summed E-state index contributed by atoms with van der Waals surface area (Å²) in [6, 6.07) is 5.42. The van der Waals surface area contributed by atoms with Crippen LogP contribution in [0.2, 0.25) is 0 Å². The first-order valence-corrected chi connectivity index (χ1v) is 7.92. The first-order chi connectivity index (χ1) is 12.4. The van der Waals surface area contributed by atoms with E-state index < -0.39 is 11.6 Å². The maximum atomic E-state index is 13.6. The number of hydrogen-bond acceptors (Lipinski definition) is 3. The van der Waals surface area contributed by atoms with E-state index in [1.807, 2.05) is 6.20 Å². The van der Waals surface area contributed by atoms with Gasteiger partial charge in [-0.1, -0.05) is 6.07 Å². The summed E-state index contributed by atoms with van der Waals surface area (Å²) in [6.07, 6.45) is 5.07. The molecule has 0 saturated heterocycles. The molecule has 0 radical (unpaired) electrons. The molecule has 0 atom stereocenters. The molecule has 0 aliphatic rings. The van der Waals surface area contributed by atoms with Gasteiger partial charge < -0.3 is 0 Å². The van der Waals surface area contributed by atoms with Crippen LogP contribution in [0, 0.1) is 11.6 Å². The number of benzene rings is 1. The molecule has 0 aliphatic heterocycles. The summed E-state index contributed by atoms with van der Waals surface area (Å²) in [4.78, 5) is 16.9. The van der Waals surface area contributed by atoms with Crippen molar-refractivity contribution < 1.29 is 8.78 Å². The monoisotopic (exact) mass is 355 g/mol. The zero-order chi connectivity index (χ0) is 18.4. The van der Waals surface area contributed by atoms with Gasteiger partial charge in [0.1, 0.15) is 0 Å². The van der Waals surface area contributed by atoms with Crippen molar-refractivity contribution in [1.82, 2.24) is 23.9 Å². The standard InChI is InChI=1S/C18H15F2N5O/c1-23-9-11(7-22-23)10-25-16-6-13(8-21-17(16)24(2)18(25)26)12-3-4-14(19)15(20)5-12/h3-9H,10H2,1-2H3. The smallest absolute Gasteiger partial charge is 0.286 e. The zero-order valence-corrected chi connectivity index (χ0v) is 14.1. The van der Waals surface area contributed by atoms with Gasteiger partial charge in [-0.15, -0.1) is 0 Å². The van der Waals surface area contributed by atoms with Crippen molar-refractivity contribution >= 4 is 11.2 Å². The Labute approximate surface area is 146 Å². The van der Waals surface area contributed by atoms with Crippen molar-refractivity contribution in [3.63, 3.8) is 0 Å². The lowest BCUT2D eigenvalue weighted by Crippen LogP contribution is -2.22. The van der Waals surface area contributed by atoms with Crippen molar-refractivity contribution in [3.05, 3.63) is 70.5 Å². The van der Waals surface area contributed by atoms with E-state index in [0.29, 0.717) is 28.8 Å². The Morgan fingerprint density at radius 2 is 1.85 bits per heavy atom. The molecule has 0 fully saturated rings. The van der Waals surface area contributed by atoms with Gasteiger partial charge in [0.15, 0.2) is 17.3 Å². The van der Waals surface area contributed by atoms with Gasteiger partial charge in [-0.3, -0.25) is 13.8 Å². The Balaban J connectivity index is 1.87. The fraction of sp³-hybridized carbons (Fsp3) is 0.167. The van der Waals surface area contributed by atoms with Gasteiger partial charge >= 0.3 is 5.69 Å². The van der Waals surface area contributed by atoms with E-state index in [1.54, 1.807) is 41.8 Å². The maximum Gasteiger partial charge on any atom is 0.330 e. The molecule has 0 N–H and O–H groups in total. The number of rotatable bonds is 3. The molecule has 8 heteroatoms. The highest BCUT2D eigenvalue weighted by atomic mass is 19.2. The Bertz CT molecular complexity index is 1190. The average molecular weight is 355 g/mol. The highest BCUT2D eigenvalue weighted by molar-refractivity contribution is 5.79. The molecule has 3 aromatic heterocycles. The van der Waals surface area contributed by atoms with Crippen LogP contribution in [0.25, 0.3) is 22.3 Å². The molecule has 4 aromatic rings. The SMILES string of the molecule is Cn1cc(Cn2c(=O)n(C)c3ncc(-c4ccc(F)c(F)c4)cc32)cn1. The minimum atomic E-state index is -0.927. The van der Waals surface area contributed by atoms with Crippen LogP contribution >= 0.6 is 0 Å². The second-order valence-corrected chi connectivity index (χ2v) is 6.15. The summed E-state index contributed by atoms with van der Waals surface area (Å²) in [7, 11) is 3.45. The predicted octanol–water partition coefficient (Wildman–Crippen LogP) is 2.46. The molecular formula is C18H15F2N5O. The third-order valence-electron chi connectivity index (χ3n) is 4.33. The minimum absolute atomic E-state index is 0.209. The molecule has 1 aromatic carbocycles. The first kappa shape index (κ1) is 16.2. The molecule has 0 spiro atoms. The van der Waals surface area contributed by atoms with Crippen LogP contribution in [0.5, 0.6) is 0 Å². The lowest BCUT2D eigenvalue weighted by atomic mass is 10.1. The highest BCUT2D eigenvalue weighted by Crippen LogP contribution is 2.24. The molecule has 6 nitrogen and oxygen atoms in total. The summed E-state index contributed by atoms with van der Waals surface area (Å²) in [5, 5.41) is 4.11. The quantitative estimate of drug-likeness (QED) is 0.567. The van der Waals surface area contributed by atoms with E-state index in [2.05, 4.69) is 10.1 Å². The molecular weight excluding hydrogens is 340 g/mol. The van der Waals surface area contributed by atoms with Crippen molar-refractivity contribution in [2.24, 2.45) is 14.1 Å². The minimum Gasteiger partial charge on any atom is -0.286 e. The van der Waals surface area contributed by atoms with Gasteiger partial charge in [0.2, 0.25) is 0 Å². The topological polar surface area (TPSA) is 57.6 Å². The van der Waals surface area contributed by atoms with Gasteiger partial charge in [-0.2, -0.15) is 5.10 Å². The van der Waals surface area contributed by atoms with E-state index in [9.17, 15) is 13.6 Å². The largest absolute Gasteiger partial charge is 0.330 e. The number of aryl methyl sites for hydroxylation is 2. The third kappa shape index (κ3) is 2.59. The van der Waals surface area contributed by atoms with Crippen LogP contribution in [0.4, 0.5) is 8.78 Å². The first-order valence-electron chi connectivity index (χ1n) is 7.92. The Morgan fingerprint density at radius 1 is 1.04 bits per heavy atom. The zero-order valence-electron chi connectivity index (χ0n) is 14.1. The number of pyridine rings is 1. The Morgan fingerprint density at radius 3 is 2.54 bits per heavy atom. The van der Waals surface area contributed by atoms with Gasteiger partial charge in [0.25, 0.3) is 0 Å². The summed E-state index contributed by atoms with van der Waals surface area (Å²) in [5.74, 6) is -1.83. The van der Waals surface area contributed by atoms with Gasteiger partial charge in [-0.25, -0.2) is 18.6 Å². The lowest BCUT2D eigenvalue weighted by molar-refractivity contribution is 0.509. The summed E-state index contributed by atoms with van der Waals surface area (Å²) >= 11 is 0. The van der Waals surface area contributed by atoms with Crippen LogP contribution < -0.4 is 5.69 Å². The molecule has 0 saturated carbocycles. The molecule has 26 heavy (non-hydrogen) atoms. The average Bonchev–Trinajstić information content (AvgIpc) is 3.14. The Hall–Kier alpha value is -3.29. The third-order valence-corrected chi connectivity index (χ3v) is 4.33. The molecule has 0 bridgehead atoms. The van der Waals surface area contributed by atoms with Crippen molar-refractivity contribution in [2.45, 2.75) is 6.54 Å². The summed E-state index contributed by atoms with van der Waals surface area (Å²) in [6.45, 7) is 0.340. The molecule has 4 rings (SSSR count). The molecule has 3 heterocycles. The molecule has 0 unspecified atom stereocenters. The van der Waals surface area contributed by atoms with Crippen LogP contribution in [0.1, 0.15) is 5.56 Å². The fourth-order valence-corrected chi connectivity index (χ4v) is 3.00. The van der Waals surface area contributed by atoms with Crippen LogP contribution in [0.3, 0.4) is 0 Å². The van der Waals surface area contributed by atoms with Gasteiger partial charge in [-0.05, 0) is 23.8 Å². The molecule has 132 valence electrons. The predicted molar refractivity (Wildman–Crippen MR) is 92.6 cm³/mol. The van der Waals surface area contributed by atoms with Crippen molar-refractivity contribution in [3.8, 4) is 11.1 Å². The summed E-state index contributed by atoms with van der Waals surface area (Å²) in [5.41, 5.74) is 2.89. The van der Waals surface area contributed by atoms with E-state index in [4.69, 9.17) is 0 Å². The fourth-order valence-electron chi connectivity index (χ4n) is 3.00. The lowest BCUT2D eigenvalue weighted by Gasteiger charge is -2.05. The van der Waals surface area contributed by atoms with E-state index in [-0.39, 0.29) is 5.69 Å². The maximum absolute atomic E-state index is 13.6. The number of fused-ring (bicyclic) bond motifs is 1. The van der Waals surface area contributed by atoms with Crippen LogP contribution in [0.15, 0.2) is 47.7 Å². The normalized spacial score (nSPS) is 11.4. The number of aromatic nitrogens is 5. The number of imidazole rings is 1. The van der Waals surface area contributed by atoms with Crippen molar-refractivity contribution in [1.29, 1.82) is 0 Å².